The molecule has 3 N–H and O–H groups in total. The van der Waals surface area contributed by atoms with Crippen LogP contribution < -0.4 is 10.8 Å². The van der Waals surface area contributed by atoms with Crippen LogP contribution in [-0.2, 0) is 6.54 Å². The molecule has 0 heterocycles. The molecular formula is C9H13BFNO2S2. The number of hydrogen-bond acceptors (Lipinski definition) is 5. The van der Waals surface area contributed by atoms with Crippen molar-refractivity contribution >= 4 is 35.0 Å². The zero-order valence-corrected chi connectivity index (χ0v) is 10.3. The highest BCUT2D eigenvalue weighted by molar-refractivity contribution is 8.68. The topological polar surface area (TPSA) is 52.5 Å². The average molecular weight is 261 g/mol. The smallest absolute Gasteiger partial charge is 0.423 e. The van der Waals surface area contributed by atoms with E-state index in [-0.39, 0.29) is 5.82 Å². The van der Waals surface area contributed by atoms with Gasteiger partial charge in [0.05, 0.1) is 0 Å². The molecule has 0 saturated carbocycles. The third-order valence-corrected chi connectivity index (χ3v) is 2.99. The normalized spacial score (nSPS) is 10.5. The first kappa shape index (κ1) is 13.9. The second kappa shape index (κ2) is 7.19. The third kappa shape index (κ3) is 4.35. The van der Waals surface area contributed by atoms with Gasteiger partial charge in [0, 0.05) is 24.4 Å². The molecule has 1 aromatic carbocycles. The van der Waals surface area contributed by atoms with Gasteiger partial charge in [0.2, 0.25) is 0 Å². The van der Waals surface area contributed by atoms with Gasteiger partial charge in [-0.15, -0.1) is 11.7 Å². The molecule has 16 heavy (non-hydrogen) atoms. The van der Waals surface area contributed by atoms with Crippen molar-refractivity contribution in [3.63, 3.8) is 0 Å². The molecule has 0 radical (unpaired) electrons. The van der Waals surface area contributed by atoms with Gasteiger partial charge in [-0.25, -0.2) is 4.39 Å². The van der Waals surface area contributed by atoms with Crippen molar-refractivity contribution in [3.05, 3.63) is 29.6 Å². The highest BCUT2D eigenvalue weighted by Crippen LogP contribution is 2.06. The lowest BCUT2D eigenvalue weighted by Gasteiger charge is -2.07. The maximum atomic E-state index is 13.3. The predicted octanol–water partition coefficient (Wildman–Crippen LogP) is 0.173. The summed E-state index contributed by atoms with van der Waals surface area (Å²) in [6, 6.07) is 4.03. The summed E-state index contributed by atoms with van der Waals surface area (Å²) in [5.74, 6) is 0.475. The molecule has 0 aromatic heterocycles. The Balaban J connectivity index is 2.60. The third-order valence-electron chi connectivity index (χ3n) is 2.05. The minimum atomic E-state index is -1.56. The Labute approximate surface area is 103 Å². The highest BCUT2D eigenvalue weighted by Gasteiger charge is 2.13. The van der Waals surface area contributed by atoms with Crippen LogP contribution in [0.5, 0.6) is 0 Å². The van der Waals surface area contributed by atoms with E-state index in [1.165, 1.54) is 29.0 Å². The van der Waals surface area contributed by atoms with Crippen LogP contribution in [0.1, 0.15) is 5.56 Å². The Morgan fingerprint density at radius 3 is 2.81 bits per heavy atom. The first-order chi connectivity index (χ1) is 7.65. The van der Waals surface area contributed by atoms with Crippen molar-refractivity contribution in [1.29, 1.82) is 0 Å². The predicted molar refractivity (Wildman–Crippen MR) is 69.4 cm³/mol. The van der Waals surface area contributed by atoms with Crippen LogP contribution in [0.4, 0.5) is 4.39 Å². The van der Waals surface area contributed by atoms with Crippen LogP contribution in [0.15, 0.2) is 18.2 Å². The van der Waals surface area contributed by atoms with Crippen molar-refractivity contribution in [3.8, 4) is 0 Å². The van der Waals surface area contributed by atoms with Crippen LogP contribution in [0.3, 0.4) is 0 Å². The Bertz CT molecular complexity index is 341. The molecule has 0 aliphatic carbocycles. The van der Waals surface area contributed by atoms with Crippen molar-refractivity contribution < 1.29 is 14.4 Å². The zero-order chi connectivity index (χ0) is 12.0. The van der Waals surface area contributed by atoms with Crippen molar-refractivity contribution in [1.82, 2.24) is 5.32 Å². The van der Waals surface area contributed by atoms with Gasteiger partial charge in [0.15, 0.2) is 0 Å². The first-order valence-electron chi connectivity index (χ1n) is 4.76. The maximum absolute atomic E-state index is 13.3. The summed E-state index contributed by atoms with van der Waals surface area (Å²) < 4.78 is 13.3. The molecule has 1 aromatic rings. The van der Waals surface area contributed by atoms with Gasteiger partial charge in [-0.2, -0.15) is 0 Å². The van der Waals surface area contributed by atoms with E-state index < -0.39 is 7.12 Å². The minimum Gasteiger partial charge on any atom is -0.423 e. The van der Waals surface area contributed by atoms with Crippen LogP contribution in [0.2, 0.25) is 0 Å². The number of hydrogen-bond donors (Lipinski definition) is 4. The van der Waals surface area contributed by atoms with Gasteiger partial charge in [0.1, 0.15) is 5.82 Å². The second-order valence-corrected chi connectivity index (χ2v) is 4.68. The summed E-state index contributed by atoms with van der Waals surface area (Å²) in [5.41, 5.74) is 0.719. The monoisotopic (exact) mass is 261 g/mol. The molecule has 0 saturated heterocycles. The van der Waals surface area contributed by atoms with Crippen molar-refractivity contribution in [2.24, 2.45) is 0 Å². The fourth-order valence-corrected chi connectivity index (χ4v) is 1.74. The standard InChI is InChI=1S/C9H13BFNO2S2/c11-9-2-1-8(10(13)14)5-7(9)6-12-3-4-16-15/h1-2,5,12-15H,3-4,6H2. The van der Waals surface area contributed by atoms with Gasteiger partial charge >= 0.3 is 7.12 Å². The van der Waals surface area contributed by atoms with Gasteiger partial charge in [-0.05, 0) is 11.5 Å². The Kier molecular flexibility index (Phi) is 6.22. The van der Waals surface area contributed by atoms with Crippen LogP contribution in [-0.4, -0.2) is 29.5 Å². The molecule has 0 aliphatic rings. The average Bonchev–Trinajstić information content (AvgIpc) is 2.26. The maximum Gasteiger partial charge on any atom is 0.488 e. The second-order valence-electron chi connectivity index (χ2n) is 3.23. The summed E-state index contributed by atoms with van der Waals surface area (Å²) >= 11 is 3.98. The molecule has 0 fully saturated rings. The first-order valence-corrected chi connectivity index (χ1v) is 6.80. The summed E-state index contributed by atoms with van der Waals surface area (Å²) in [7, 11) is -0.155. The van der Waals surface area contributed by atoms with Gasteiger partial charge < -0.3 is 15.4 Å². The summed E-state index contributed by atoms with van der Waals surface area (Å²) in [6.45, 7) is 1.08. The summed E-state index contributed by atoms with van der Waals surface area (Å²) in [5, 5.41) is 20.9. The van der Waals surface area contributed by atoms with E-state index in [0.717, 1.165) is 12.3 Å². The number of benzene rings is 1. The summed E-state index contributed by atoms with van der Waals surface area (Å²) in [4.78, 5) is 0. The number of nitrogens with one attached hydrogen (secondary N) is 1. The van der Waals surface area contributed by atoms with Gasteiger partial charge in [0.25, 0.3) is 0 Å². The van der Waals surface area contributed by atoms with E-state index in [0.29, 0.717) is 17.6 Å². The number of rotatable bonds is 6. The molecule has 7 heteroatoms. The van der Waals surface area contributed by atoms with Crippen LogP contribution >= 0.6 is 22.5 Å². The molecular weight excluding hydrogens is 248 g/mol. The molecule has 0 amide bonds. The zero-order valence-electron chi connectivity index (χ0n) is 8.56. The number of thiol groups is 1. The molecule has 0 atom stereocenters. The fourth-order valence-electron chi connectivity index (χ4n) is 1.23. The van der Waals surface area contributed by atoms with E-state index in [1.54, 1.807) is 0 Å². The molecule has 0 spiro atoms. The highest BCUT2D eigenvalue weighted by atomic mass is 33.1. The lowest BCUT2D eigenvalue weighted by molar-refractivity contribution is 0.425. The van der Waals surface area contributed by atoms with Crippen LogP contribution in [0, 0.1) is 5.82 Å². The molecule has 0 unspecified atom stereocenters. The Morgan fingerprint density at radius 2 is 2.19 bits per heavy atom. The largest absolute Gasteiger partial charge is 0.488 e. The molecule has 1 rings (SSSR count). The molecule has 3 nitrogen and oxygen atoms in total. The quantitative estimate of drug-likeness (QED) is 0.255. The lowest BCUT2D eigenvalue weighted by atomic mass is 9.79. The fraction of sp³-hybridized carbons (Fsp3) is 0.333. The Hall–Kier alpha value is -0.205. The van der Waals surface area contributed by atoms with E-state index in [9.17, 15) is 4.39 Å². The van der Waals surface area contributed by atoms with Gasteiger partial charge in [-0.1, -0.05) is 22.9 Å². The van der Waals surface area contributed by atoms with E-state index in [4.69, 9.17) is 10.0 Å². The SMILES string of the molecule is OB(O)c1ccc(F)c(CNCCSS)c1. The van der Waals surface area contributed by atoms with Crippen LogP contribution in [0.25, 0.3) is 0 Å². The molecule has 88 valence electrons. The van der Waals surface area contributed by atoms with Crippen molar-refractivity contribution in [2.75, 3.05) is 12.3 Å². The Morgan fingerprint density at radius 1 is 1.44 bits per heavy atom. The molecule has 0 bridgehead atoms. The summed E-state index contributed by atoms with van der Waals surface area (Å²) in [6.07, 6.45) is 0. The molecule has 0 aliphatic heterocycles. The van der Waals surface area contributed by atoms with Gasteiger partial charge in [-0.3, -0.25) is 0 Å². The minimum absolute atomic E-state index is 0.293. The lowest BCUT2D eigenvalue weighted by Crippen LogP contribution is -2.31. The van der Waals surface area contributed by atoms with Crippen molar-refractivity contribution in [2.45, 2.75) is 6.54 Å². The van der Waals surface area contributed by atoms with E-state index >= 15 is 0 Å². The van der Waals surface area contributed by atoms with E-state index in [1.807, 2.05) is 0 Å². The van der Waals surface area contributed by atoms with E-state index in [2.05, 4.69) is 17.0 Å². The number of halogens is 1.